The molecule has 1 aromatic rings. The molecule has 1 aromatic carbocycles. The smallest absolute Gasteiger partial charge is 0.460 e. The van der Waals surface area contributed by atoms with Crippen LogP contribution in [0.5, 0.6) is 5.75 Å². The average molecular weight is 510 g/mol. The van der Waals surface area contributed by atoms with Gasteiger partial charge < -0.3 is 9.29 Å². The van der Waals surface area contributed by atoms with Crippen molar-refractivity contribution in [1.29, 1.82) is 0 Å². The molecule has 4 nitrogen and oxygen atoms in total. The number of hydrogen-bond acceptors (Lipinski definition) is 4. The fraction of sp³-hybridized carbons (Fsp3) is 0.625. The van der Waals surface area contributed by atoms with E-state index in [2.05, 4.69) is 38.1 Å². The Morgan fingerprint density at radius 2 is 1.26 bits per heavy atom. The first-order valence-corrected chi connectivity index (χ1v) is 11.3. The van der Waals surface area contributed by atoms with Gasteiger partial charge in [0, 0.05) is 10.9 Å². The highest BCUT2D eigenvalue weighted by molar-refractivity contribution is 7.96. The molecule has 0 aliphatic rings. The molecule has 0 heterocycles. The van der Waals surface area contributed by atoms with Gasteiger partial charge in [-0.05, 0) is 45.0 Å². The maximum Gasteiger partial charge on any atom is 0.460 e. The van der Waals surface area contributed by atoms with Crippen molar-refractivity contribution in [2.24, 2.45) is 0 Å². The molecule has 0 aliphatic heterocycles. The Morgan fingerprint density at radius 3 is 1.55 bits per heavy atom. The predicted octanol–water partition coefficient (Wildman–Crippen LogP) is 5.06. The normalized spacial score (nSPS) is 13.6. The number of alkyl halides is 9. The lowest BCUT2D eigenvalue weighted by Crippen LogP contribution is -2.63. The van der Waals surface area contributed by atoms with Crippen molar-refractivity contribution in [1.82, 2.24) is 0 Å². The molecule has 0 atom stereocenters. The molecule has 0 amide bonds. The average Bonchev–Trinajstić information content (AvgIpc) is 2.62. The molecule has 31 heavy (non-hydrogen) atoms. The third-order valence-electron chi connectivity index (χ3n) is 3.59. The fourth-order valence-corrected chi connectivity index (χ4v) is 3.99. The van der Waals surface area contributed by atoms with E-state index in [0.29, 0.717) is 10.9 Å². The molecule has 0 N–H and O–H groups in total. The molecule has 0 radical (unpaired) electrons. The highest BCUT2D eigenvalue weighted by Crippen LogP contribution is 2.54. The van der Waals surface area contributed by atoms with E-state index in [0.717, 1.165) is 12.4 Å². The summed E-state index contributed by atoms with van der Waals surface area (Å²) in [5.74, 6) is -11.4. The second-order valence-corrected chi connectivity index (χ2v) is 9.62. The summed E-state index contributed by atoms with van der Waals surface area (Å²) in [4.78, 5) is 1.46. The Kier molecular flexibility index (Phi) is 10.1. The van der Waals surface area contributed by atoms with E-state index >= 15 is 0 Å². The molecular formula is C16H19F9O4S2. The van der Waals surface area contributed by atoms with E-state index < -0.39 is 33.4 Å². The van der Waals surface area contributed by atoms with Crippen molar-refractivity contribution in [3.8, 4) is 5.75 Å². The Bertz CT molecular complexity index is 790. The molecular weight excluding hydrogens is 491 g/mol. The maximum absolute atomic E-state index is 12.2. The molecule has 0 unspecified atom stereocenters. The predicted molar refractivity (Wildman–Crippen MR) is 94.9 cm³/mol. The van der Waals surface area contributed by atoms with Gasteiger partial charge in [-0.25, -0.2) is 8.42 Å². The van der Waals surface area contributed by atoms with Crippen LogP contribution >= 0.6 is 0 Å². The van der Waals surface area contributed by atoms with Gasteiger partial charge >= 0.3 is 23.3 Å². The number of halogens is 9. The standard InChI is InChI=1S/C12H19OS.C4HF9O3S/c1-4-13-11-7-9-12(10-8-11)14(5-2)6-3;5-1(6,3(9,10)11)2(7,8)4(12,13)17(14,15)16/h7-10H,4-6H2,1-3H3;(H,14,15,16)/q+1;/p-1. The van der Waals surface area contributed by atoms with E-state index in [1.54, 1.807) is 0 Å². The Hall–Kier alpha value is -1.35. The van der Waals surface area contributed by atoms with Crippen molar-refractivity contribution in [3.63, 3.8) is 0 Å². The third-order valence-corrected chi connectivity index (χ3v) is 6.81. The Morgan fingerprint density at radius 1 is 0.839 bits per heavy atom. The highest BCUT2D eigenvalue weighted by Gasteiger charge is 2.83. The summed E-state index contributed by atoms with van der Waals surface area (Å²) >= 11 is 0. The number of ether oxygens (including phenoxy) is 1. The van der Waals surface area contributed by atoms with Gasteiger partial charge in [0.2, 0.25) is 0 Å². The molecule has 0 spiro atoms. The first-order valence-electron chi connectivity index (χ1n) is 8.37. The zero-order valence-electron chi connectivity index (χ0n) is 16.3. The summed E-state index contributed by atoms with van der Waals surface area (Å²) in [5.41, 5.74) is 0. The third kappa shape index (κ3) is 6.57. The van der Waals surface area contributed by atoms with Crippen LogP contribution in [-0.4, -0.2) is 54.4 Å². The zero-order valence-corrected chi connectivity index (χ0v) is 17.9. The van der Waals surface area contributed by atoms with Crippen LogP contribution in [0.4, 0.5) is 39.5 Å². The van der Waals surface area contributed by atoms with E-state index in [4.69, 9.17) is 4.74 Å². The lowest BCUT2D eigenvalue weighted by molar-refractivity contribution is -0.382. The fourth-order valence-electron chi connectivity index (χ4n) is 1.95. The van der Waals surface area contributed by atoms with Crippen LogP contribution in [-0.2, 0) is 21.0 Å². The van der Waals surface area contributed by atoms with Crippen LogP contribution in [0.1, 0.15) is 20.8 Å². The summed E-state index contributed by atoms with van der Waals surface area (Å²) in [6.07, 6.45) is -7.16. The second-order valence-electron chi connectivity index (χ2n) is 5.59. The zero-order chi connectivity index (χ0) is 24.9. The number of rotatable bonds is 8. The van der Waals surface area contributed by atoms with E-state index in [1.165, 1.54) is 16.4 Å². The minimum atomic E-state index is -7.43. The van der Waals surface area contributed by atoms with E-state index in [1.807, 2.05) is 6.92 Å². The summed E-state index contributed by atoms with van der Waals surface area (Å²) in [5, 5.41) is -7.11. The van der Waals surface area contributed by atoms with Crippen molar-refractivity contribution >= 4 is 21.0 Å². The van der Waals surface area contributed by atoms with Crippen LogP contribution in [0, 0.1) is 0 Å². The molecule has 0 aliphatic carbocycles. The molecule has 0 fully saturated rings. The van der Waals surface area contributed by atoms with Gasteiger partial charge in [-0.1, -0.05) is 0 Å². The van der Waals surface area contributed by atoms with Crippen LogP contribution in [0.3, 0.4) is 0 Å². The van der Waals surface area contributed by atoms with E-state index in [9.17, 15) is 52.5 Å². The topological polar surface area (TPSA) is 66.4 Å². The van der Waals surface area contributed by atoms with Gasteiger partial charge in [-0.3, -0.25) is 0 Å². The lowest BCUT2D eigenvalue weighted by atomic mass is 10.1. The van der Waals surface area contributed by atoms with Gasteiger partial charge in [0.15, 0.2) is 15.0 Å². The summed E-state index contributed by atoms with van der Waals surface area (Å²) in [7, 11) is -6.99. The molecule has 182 valence electrons. The Balaban J connectivity index is 0.000000590. The lowest BCUT2D eigenvalue weighted by Gasteiger charge is -2.34. The molecule has 0 aromatic heterocycles. The largest absolute Gasteiger partial charge is 0.743 e. The maximum atomic E-state index is 12.2. The SMILES string of the molecule is CCOc1ccc([S+](CC)CC)cc1.O=S(=O)([O-])C(F)(F)C(F)(F)C(F)(F)C(F)(F)F. The van der Waals surface area contributed by atoms with Crippen molar-refractivity contribution in [3.05, 3.63) is 24.3 Å². The first-order chi connectivity index (χ1) is 13.8. The molecule has 15 heteroatoms. The highest BCUT2D eigenvalue weighted by atomic mass is 32.2. The van der Waals surface area contributed by atoms with Gasteiger partial charge in [0.1, 0.15) is 17.3 Å². The molecule has 1 rings (SSSR count). The van der Waals surface area contributed by atoms with E-state index in [-0.39, 0.29) is 0 Å². The van der Waals surface area contributed by atoms with Crippen LogP contribution in [0.25, 0.3) is 0 Å². The first kappa shape index (κ1) is 29.7. The monoisotopic (exact) mass is 510 g/mol. The Labute approximate surface area is 175 Å². The van der Waals surface area contributed by atoms with Crippen LogP contribution < -0.4 is 4.74 Å². The van der Waals surface area contributed by atoms with Crippen LogP contribution in [0.2, 0.25) is 0 Å². The van der Waals surface area contributed by atoms with Crippen LogP contribution in [0.15, 0.2) is 29.2 Å². The van der Waals surface area contributed by atoms with Gasteiger partial charge in [0.05, 0.1) is 6.61 Å². The summed E-state index contributed by atoms with van der Waals surface area (Å²) in [6.45, 7) is 7.26. The summed E-state index contributed by atoms with van der Waals surface area (Å²) < 4.78 is 141. The van der Waals surface area contributed by atoms with Gasteiger partial charge in [-0.2, -0.15) is 39.5 Å². The summed E-state index contributed by atoms with van der Waals surface area (Å²) in [6, 6.07) is 8.54. The number of hydrogen-bond donors (Lipinski definition) is 0. The van der Waals surface area contributed by atoms with Crippen molar-refractivity contribution in [2.75, 3.05) is 18.1 Å². The number of benzene rings is 1. The molecule has 0 saturated heterocycles. The second kappa shape index (κ2) is 10.5. The minimum absolute atomic E-state index is 0.430. The van der Waals surface area contributed by atoms with Crippen molar-refractivity contribution < 1.29 is 57.2 Å². The molecule has 0 bridgehead atoms. The van der Waals surface area contributed by atoms with Gasteiger partial charge in [-0.15, -0.1) is 0 Å². The quantitative estimate of drug-likeness (QED) is 0.279. The van der Waals surface area contributed by atoms with Crippen molar-refractivity contribution in [2.45, 2.75) is 48.9 Å². The van der Waals surface area contributed by atoms with Gasteiger partial charge in [0.25, 0.3) is 0 Å². The minimum Gasteiger partial charge on any atom is -0.743 e. The molecule has 0 saturated carbocycles.